The number of carbonyl (C=O) groups is 2. The number of nitrogens with one attached hydrogen (secondary N) is 2. The molecule has 3 heterocycles. The van der Waals surface area contributed by atoms with Crippen molar-refractivity contribution < 1.29 is 19.1 Å². The molecule has 1 unspecified atom stereocenters. The van der Waals surface area contributed by atoms with Crippen LogP contribution in [0.5, 0.6) is 11.8 Å². The van der Waals surface area contributed by atoms with Gasteiger partial charge in [-0.2, -0.15) is 9.97 Å². The van der Waals surface area contributed by atoms with E-state index in [1.54, 1.807) is 36.4 Å². The van der Waals surface area contributed by atoms with Crippen molar-refractivity contribution in [2.75, 3.05) is 44.5 Å². The molecule has 2 N–H and O–H groups in total. The number of carbonyl (C=O) groups excluding carboxylic acids is 2. The van der Waals surface area contributed by atoms with Crippen LogP contribution >= 0.6 is 11.6 Å². The summed E-state index contributed by atoms with van der Waals surface area (Å²) in [6, 6.07) is 5.32. The fourth-order valence-corrected chi connectivity index (χ4v) is 3.95. The normalized spacial score (nSPS) is 19.1. The van der Waals surface area contributed by atoms with Crippen LogP contribution in [0.2, 0.25) is 5.02 Å². The molecule has 0 aliphatic carbocycles. The third-order valence-electron chi connectivity index (χ3n) is 5.66. The molecular weight excluding hydrogens is 460 g/mol. The highest BCUT2D eigenvalue weighted by Gasteiger charge is 2.35. The van der Waals surface area contributed by atoms with Crippen molar-refractivity contribution >= 4 is 47.0 Å². The first-order chi connectivity index (χ1) is 16.5. The van der Waals surface area contributed by atoms with Crippen LogP contribution in [0.1, 0.15) is 37.2 Å². The summed E-state index contributed by atoms with van der Waals surface area (Å²) < 4.78 is 11.0. The quantitative estimate of drug-likeness (QED) is 0.634. The van der Waals surface area contributed by atoms with E-state index in [2.05, 4.69) is 25.6 Å². The lowest BCUT2D eigenvalue weighted by Gasteiger charge is -2.18. The van der Waals surface area contributed by atoms with Gasteiger partial charge in [-0.25, -0.2) is 0 Å². The highest BCUT2D eigenvalue weighted by molar-refractivity contribution is 6.32. The van der Waals surface area contributed by atoms with Crippen LogP contribution in [0, 0.1) is 0 Å². The molecule has 1 aromatic heterocycles. The first-order valence-electron chi connectivity index (χ1n) is 11.2. The molecule has 0 radical (unpaired) electrons. The summed E-state index contributed by atoms with van der Waals surface area (Å²) in [5.41, 5.74) is 1.20. The number of nitrogens with zero attached hydrogens (tertiary/aromatic N) is 4. The van der Waals surface area contributed by atoms with E-state index in [1.165, 1.54) is 7.11 Å². The van der Waals surface area contributed by atoms with E-state index in [-0.39, 0.29) is 17.8 Å². The number of ether oxygens (including phenoxy) is 2. The zero-order valence-electron chi connectivity index (χ0n) is 19.1. The van der Waals surface area contributed by atoms with Crippen LogP contribution < -0.4 is 20.1 Å². The topological polar surface area (TPSA) is 118 Å². The third-order valence-corrected chi connectivity index (χ3v) is 5.97. The number of aromatic nitrogens is 2. The van der Waals surface area contributed by atoms with E-state index in [0.717, 1.165) is 12.8 Å². The molecule has 0 spiro atoms. The van der Waals surface area contributed by atoms with Crippen molar-refractivity contribution in [1.82, 2.24) is 14.9 Å². The van der Waals surface area contributed by atoms with Gasteiger partial charge in [-0.05, 0) is 31.4 Å². The van der Waals surface area contributed by atoms with Crippen molar-refractivity contribution in [3.63, 3.8) is 0 Å². The maximum atomic E-state index is 12.7. The smallest absolute Gasteiger partial charge is 0.320 e. The number of fused-ring (bicyclic) bond motifs is 2. The molecule has 34 heavy (non-hydrogen) atoms. The van der Waals surface area contributed by atoms with E-state index < -0.39 is 5.92 Å². The second kappa shape index (κ2) is 10.7. The Kier molecular flexibility index (Phi) is 7.46. The molecule has 2 amide bonds. The van der Waals surface area contributed by atoms with Gasteiger partial charge in [0, 0.05) is 38.8 Å². The van der Waals surface area contributed by atoms with E-state index in [9.17, 15) is 9.59 Å². The molecule has 0 saturated carbocycles. The summed E-state index contributed by atoms with van der Waals surface area (Å²) in [4.78, 5) is 40.1. The Labute approximate surface area is 202 Å². The molecule has 10 nitrogen and oxygen atoms in total. The second-order valence-corrected chi connectivity index (χ2v) is 8.49. The molecular formula is C23H27ClN6O4. The molecule has 1 aromatic carbocycles. The van der Waals surface area contributed by atoms with Gasteiger partial charge >= 0.3 is 6.01 Å². The lowest BCUT2D eigenvalue weighted by atomic mass is 10.0. The Balaban J connectivity index is 1.66. The van der Waals surface area contributed by atoms with E-state index in [4.69, 9.17) is 21.1 Å². The monoisotopic (exact) mass is 486 g/mol. The number of hydrogen-bond acceptors (Lipinski definition) is 8. The van der Waals surface area contributed by atoms with Gasteiger partial charge in [-0.15, -0.1) is 0 Å². The summed E-state index contributed by atoms with van der Waals surface area (Å²) in [6.45, 7) is 1.58. The van der Waals surface area contributed by atoms with Crippen molar-refractivity contribution in [3.05, 3.63) is 28.8 Å². The molecule has 0 fully saturated rings. The molecule has 0 saturated heterocycles. The number of benzene rings is 1. The standard InChI is InChI=1S/C23H27ClN6O4/c1-30-10-5-9-25-20-19-15(22(32)27-21(19)29-23(28-20)33-2)13-26-14-7-8-16(24)17(12-14)34-11-4-3-6-18(30)31/h7-8,12-13,15H,3-6,9-11H2,1-2H3,(H2,25,27,28,29,32). The predicted octanol–water partition coefficient (Wildman–Crippen LogP) is 3.40. The largest absolute Gasteiger partial charge is 0.492 e. The molecule has 11 heteroatoms. The van der Waals surface area contributed by atoms with Gasteiger partial charge in [0.25, 0.3) is 0 Å². The summed E-state index contributed by atoms with van der Waals surface area (Å²) in [7, 11) is 3.27. The van der Waals surface area contributed by atoms with Crippen molar-refractivity contribution in [2.45, 2.75) is 31.6 Å². The maximum absolute atomic E-state index is 12.7. The highest BCUT2D eigenvalue weighted by atomic mass is 35.5. The van der Waals surface area contributed by atoms with Crippen LogP contribution in [-0.2, 0) is 9.59 Å². The second-order valence-electron chi connectivity index (χ2n) is 8.08. The van der Waals surface area contributed by atoms with E-state index in [0.29, 0.717) is 66.2 Å². The van der Waals surface area contributed by atoms with Crippen molar-refractivity contribution in [2.24, 2.45) is 4.99 Å². The van der Waals surface area contributed by atoms with Gasteiger partial charge in [0.15, 0.2) is 0 Å². The molecule has 2 bridgehead atoms. The molecule has 2 aliphatic rings. The van der Waals surface area contributed by atoms with Gasteiger partial charge in [-0.3, -0.25) is 14.6 Å². The van der Waals surface area contributed by atoms with Crippen LogP contribution in [0.4, 0.5) is 17.3 Å². The van der Waals surface area contributed by atoms with Gasteiger partial charge in [0.2, 0.25) is 11.8 Å². The van der Waals surface area contributed by atoms with Crippen LogP contribution in [0.25, 0.3) is 0 Å². The summed E-state index contributed by atoms with van der Waals surface area (Å²) in [5, 5.41) is 6.52. The molecule has 180 valence electrons. The summed E-state index contributed by atoms with van der Waals surface area (Å²) >= 11 is 6.27. The van der Waals surface area contributed by atoms with Gasteiger partial charge in [0.1, 0.15) is 23.3 Å². The maximum Gasteiger partial charge on any atom is 0.320 e. The number of amides is 2. The Morgan fingerprint density at radius 1 is 1.18 bits per heavy atom. The number of methoxy groups -OCH3 is 1. The number of hydrogen-bond donors (Lipinski definition) is 2. The number of aliphatic imine (C=N–C) groups is 1. The fraction of sp³-hybridized carbons (Fsp3) is 0.435. The highest BCUT2D eigenvalue weighted by Crippen LogP contribution is 2.37. The Morgan fingerprint density at radius 3 is 2.82 bits per heavy atom. The van der Waals surface area contributed by atoms with Gasteiger partial charge < -0.3 is 25.0 Å². The summed E-state index contributed by atoms with van der Waals surface area (Å²) in [6.07, 6.45) is 4.18. The zero-order chi connectivity index (χ0) is 24.1. The van der Waals surface area contributed by atoms with Crippen LogP contribution in [0.3, 0.4) is 0 Å². The number of rotatable bonds is 1. The SMILES string of the molecule is COc1nc2c3c(n1)NC(=O)C3C=Nc1ccc(Cl)c(c1)OCCCCC(=O)N(C)CCCN2. The minimum Gasteiger partial charge on any atom is -0.492 e. The van der Waals surface area contributed by atoms with Crippen molar-refractivity contribution in [1.29, 1.82) is 0 Å². The predicted molar refractivity (Wildman–Crippen MR) is 130 cm³/mol. The van der Waals surface area contributed by atoms with Crippen LogP contribution in [-0.4, -0.2) is 66.8 Å². The van der Waals surface area contributed by atoms with E-state index in [1.807, 2.05) is 0 Å². The minimum absolute atomic E-state index is 0.0887. The minimum atomic E-state index is -0.685. The fourth-order valence-electron chi connectivity index (χ4n) is 3.78. The van der Waals surface area contributed by atoms with Gasteiger partial charge in [-0.1, -0.05) is 11.6 Å². The Bertz CT molecular complexity index is 1110. The van der Waals surface area contributed by atoms with Gasteiger partial charge in [0.05, 0.1) is 30.0 Å². The summed E-state index contributed by atoms with van der Waals surface area (Å²) in [5.74, 6) is 0.522. The first-order valence-corrected chi connectivity index (χ1v) is 11.5. The molecule has 2 aliphatic heterocycles. The average Bonchev–Trinajstić information content (AvgIpc) is 3.15. The van der Waals surface area contributed by atoms with Crippen molar-refractivity contribution in [3.8, 4) is 11.8 Å². The Morgan fingerprint density at radius 2 is 2.00 bits per heavy atom. The third kappa shape index (κ3) is 5.39. The Hall–Kier alpha value is -3.40. The number of anilines is 2. The zero-order valence-corrected chi connectivity index (χ0v) is 19.9. The van der Waals surface area contributed by atoms with E-state index >= 15 is 0 Å². The lowest BCUT2D eigenvalue weighted by Crippen LogP contribution is -2.28. The molecule has 1 atom stereocenters. The number of halogens is 1. The first kappa shape index (κ1) is 23.7. The van der Waals surface area contributed by atoms with Crippen LogP contribution in [0.15, 0.2) is 23.2 Å². The average molecular weight is 487 g/mol. The lowest BCUT2D eigenvalue weighted by molar-refractivity contribution is -0.130. The molecule has 2 aromatic rings. The molecule has 4 rings (SSSR count).